The molecule has 3 amide bonds. The number of aromatic nitrogens is 1. The van der Waals surface area contributed by atoms with Gasteiger partial charge in [-0.15, -0.1) is 11.3 Å². The van der Waals surface area contributed by atoms with Gasteiger partial charge in [-0.05, 0) is 36.8 Å². The Morgan fingerprint density at radius 2 is 1.85 bits per heavy atom. The van der Waals surface area contributed by atoms with Crippen molar-refractivity contribution in [1.82, 2.24) is 4.98 Å². The van der Waals surface area contributed by atoms with E-state index in [1.54, 1.807) is 23.7 Å². The highest BCUT2D eigenvalue weighted by Crippen LogP contribution is 2.31. The van der Waals surface area contributed by atoms with Gasteiger partial charge in [-0.2, -0.15) is 0 Å². The number of benzene rings is 2. The van der Waals surface area contributed by atoms with E-state index in [2.05, 4.69) is 10.3 Å². The van der Waals surface area contributed by atoms with Gasteiger partial charge >= 0.3 is 0 Å². The standard InChI is InChI=1S/C19H13N3O3S/c1-11-4-2-3-5-15(11)22-17(24)13-7-6-12(10-14(13)18(22)25)16(23)21-19-20-8-9-26-19/h2-10H,1H3,(H,20,21,23). The van der Waals surface area contributed by atoms with Crippen LogP contribution in [0.2, 0.25) is 0 Å². The van der Waals surface area contributed by atoms with E-state index < -0.39 is 5.91 Å². The third-order valence-electron chi connectivity index (χ3n) is 4.16. The highest BCUT2D eigenvalue weighted by Gasteiger charge is 2.37. The maximum Gasteiger partial charge on any atom is 0.266 e. The number of nitrogens with zero attached hydrogens (tertiary/aromatic N) is 2. The molecule has 0 atom stereocenters. The van der Waals surface area contributed by atoms with Crippen molar-refractivity contribution in [3.63, 3.8) is 0 Å². The molecule has 0 radical (unpaired) electrons. The molecule has 0 saturated carbocycles. The molecule has 128 valence electrons. The first-order valence-electron chi connectivity index (χ1n) is 7.85. The van der Waals surface area contributed by atoms with Crippen LogP contribution >= 0.6 is 11.3 Å². The van der Waals surface area contributed by atoms with Crippen LogP contribution in [0.3, 0.4) is 0 Å². The van der Waals surface area contributed by atoms with Gasteiger partial charge in [0.2, 0.25) is 0 Å². The lowest BCUT2D eigenvalue weighted by Crippen LogP contribution is -2.29. The van der Waals surface area contributed by atoms with Gasteiger partial charge in [0.1, 0.15) is 0 Å². The van der Waals surface area contributed by atoms with Crippen LogP contribution in [-0.2, 0) is 0 Å². The molecule has 1 N–H and O–H groups in total. The van der Waals surface area contributed by atoms with Crippen LogP contribution in [0.4, 0.5) is 10.8 Å². The summed E-state index contributed by atoms with van der Waals surface area (Å²) in [6.45, 7) is 1.84. The number of imide groups is 1. The third-order valence-corrected chi connectivity index (χ3v) is 4.85. The summed E-state index contributed by atoms with van der Waals surface area (Å²) in [5.74, 6) is -1.19. The fourth-order valence-corrected chi connectivity index (χ4v) is 3.39. The molecule has 3 aromatic rings. The Bertz CT molecular complexity index is 1040. The van der Waals surface area contributed by atoms with Gasteiger partial charge in [0.25, 0.3) is 17.7 Å². The molecule has 0 saturated heterocycles. The molecule has 1 aliphatic heterocycles. The first-order chi connectivity index (χ1) is 12.6. The van der Waals surface area contributed by atoms with Gasteiger partial charge in [-0.3, -0.25) is 19.7 Å². The number of aryl methyl sites for hydroxylation is 1. The van der Waals surface area contributed by atoms with Gasteiger partial charge < -0.3 is 0 Å². The van der Waals surface area contributed by atoms with E-state index >= 15 is 0 Å². The number of carbonyl (C=O) groups is 3. The predicted octanol–water partition coefficient (Wildman–Crippen LogP) is 3.50. The zero-order valence-electron chi connectivity index (χ0n) is 13.7. The van der Waals surface area contributed by atoms with Crippen LogP contribution in [0.1, 0.15) is 36.6 Å². The molecule has 1 aliphatic rings. The van der Waals surface area contributed by atoms with E-state index in [-0.39, 0.29) is 17.4 Å². The van der Waals surface area contributed by atoms with E-state index in [1.807, 2.05) is 19.1 Å². The van der Waals surface area contributed by atoms with E-state index in [9.17, 15) is 14.4 Å². The molecule has 0 spiro atoms. The van der Waals surface area contributed by atoms with Crippen LogP contribution in [0.25, 0.3) is 0 Å². The largest absolute Gasteiger partial charge is 0.298 e. The Morgan fingerprint density at radius 3 is 2.58 bits per heavy atom. The van der Waals surface area contributed by atoms with Crippen molar-refractivity contribution in [3.05, 3.63) is 76.3 Å². The second kappa shape index (κ2) is 6.20. The molecule has 0 fully saturated rings. The molecule has 0 unspecified atom stereocenters. The van der Waals surface area contributed by atoms with Crippen molar-refractivity contribution in [2.24, 2.45) is 0 Å². The minimum Gasteiger partial charge on any atom is -0.298 e. The molecule has 4 rings (SSSR count). The Morgan fingerprint density at radius 1 is 1.08 bits per heavy atom. The molecule has 0 aliphatic carbocycles. The maximum atomic E-state index is 12.8. The minimum absolute atomic E-state index is 0.227. The summed E-state index contributed by atoms with van der Waals surface area (Å²) in [6, 6.07) is 11.7. The van der Waals surface area contributed by atoms with Crippen LogP contribution < -0.4 is 10.2 Å². The van der Waals surface area contributed by atoms with Crippen molar-refractivity contribution in [2.45, 2.75) is 6.92 Å². The Balaban J connectivity index is 1.68. The average Bonchev–Trinajstić information content (AvgIpc) is 3.23. The number of thiazole rings is 1. The van der Waals surface area contributed by atoms with E-state index in [0.717, 1.165) is 10.5 Å². The van der Waals surface area contributed by atoms with Crippen LogP contribution in [-0.4, -0.2) is 22.7 Å². The van der Waals surface area contributed by atoms with Crippen LogP contribution in [0, 0.1) is 6.92 Å². The van der Waals surface area contributed by atoms with E-state index in [0.29, 0.717) is 21.9 Å². The smallest absolute Gasteiger partial charge is 0.266 e. The topological polar surface area (TPSA) is 79.4 Å². The van der Waals surface area contributed by atoms with Gasteiger partial charge in [0.05, 0.1) is 16.8 Å². The first kappa shape index (κ1) is 16.2. The summed E-state index contributed by atoms with van der Waals surface area (Å²) in [5.41, 5.74) is 2.19. The number of nitrogens with one attached hydrogen (secondary N) is 1. The fraction of sp³-hybridized carbons (Fsp3) is 0.0526. The number of fused-ring (bicyclic) bond motifs is 1. The summed E-state index contributed by atoms with van der Waals surface area (Å²) < 4.78 is 0. The SMILES string of the molecule is Cc1ccccc1N1C(=O)c2ccc(C(=O)Nc3nccs3)cc2C1=O. The van der Waals surface area contributed by atoms with E-state index in [1.165, 1.54) is 29.5 Å². The number of carbonyl (C=O) groups excluding carboxylic acids is 3. The highest BCUT2D eigenvalue weighted by molar-refractivity contribution is 7.13. The Labute approximate surface area is 153 Å². The zero-order valence-corrected chi connectivity index (χ0v) is 14.5. The van der Waals surface area contributed by atoms with Crippen molar-refractivity contribution in [1.29, 1.82) is 0 Å². The first-order valence-corrected chi connectivity index (χ1v) is 8.73. The monoisotopic (exact) mass is 363 g/mol. The van der Waals surface area contributed by atoms with Gasteiger partial charge in [0.15, 0.2) is 5.13 Å². The molecule has 1 aromatic heterocycles. The molecule has 2 heterocycles. The second-order valence-electron chi connectivity index (χ2n) is 5.78. The van der Waals surface area contributed by atoms with Crippen molar-refractivity contribution in [3.8, 4) is 0 Å². The van der Waals surface area contributed by atoms with Crippen molar-refractivity contribution in [2.75, 3.05) is 10.2 Å². The number of anilines is 2. The van der Waals surface area contributed by atoms with Gasteiger partial charge in [-0.1, -0.05) is 18.2 Å². The number of hydrogen-bond donors (Lipinski definition) is 1. The minimum atomic E-state index is -0.428. The van der Waals surface area contributed by atoms with Crippen LogP contribution in [0.5, 0.6) is 0 Å². The molecular formula is C19H13N3O3S. The van der Waals surface area contributed by atoms with Crippen molar-refractivity contribution >= 4 is 39.9 Å². The molecular weight excluding hydrogens is 350 g/mol. The average molecular weight is 363 g/mol. The quantitative estimate of drug-likeness (QED) is 0.722. The Kier molecular flexibility index (Phi) is 3.85. The van der Waals surface area contributed by atoms with Crippen LogP contribution in [0.15, 0.2) is 54.0 Å². The third kappa shape index (κ3) is 2.58. The molecule has 7 heteroatoms. The molecule has 2 aromatic carbocycles. The van der Waals surface area contributed by atoms with E-state index in [4.69, 9.17) is 0 Å². The number of para-hydroxylation sites is 1. The van der Waals surface area contributed by atoms with Crippen molar-refractivity contribution < 1.29 is 14.4 Å². The zero-order chi connectivity index (χ0) is 18.3. The fourth-order valence-electron chi connectivity index (χ4n) is 2.87. The Hall–Kier alpha value is -3.32. The number of amides is 3. The summed E-state index contributed by atoms with van der Waals surface area (Å²) in [5, 5.41) is 4.89. The molecule has 0 bridgehead atoms. The summed E-state index contributed by atoms with van der Waals surface area (Å²) >= 11 is 1.30. The lowest BCUT2D eigenvalue weighted by molar-refractivity contribution is 0.0925. The number of hydrogen-bond acceptors (Lipinski definition) is 5. The lowest BCUT2D eigenvalue weighted by Gasteiger charge is -2.16. The van der Waals surface area contributed by atoms with Gasteiger partial charge in [-0.25, -0.2) is 9.88 Å². The summed E-state index contributed by atoms with van der Waals surface area (Å²) in [4.78, 5) is 43.0. The van der Waals surface area contributed by atoms with Gasteiger partial charge in [0, 0.05) is 17.1 Å². The summed E-state index contributed by atoms with van der Waals surface area (Å²) in [6.07, 6.45) is 1.59. The highest BCUT2D eigenvalue weighted by atomic mass is 32.1. The maximum absolute atomic E-state index is 12.8. The summed E-state index contributed by atoms with van der Waals surface area (Å²) in [7, 11) is 0. The predicted molar refractivity (Wildman–Crippen MR) is 98.8 cm³/mol. The molecule has 6 nitrogen and oxygen atoms in total. The normalized spacial score (nSPS) is 13.0. The lowest BCUT2D eigenvalue weighted by atomic mass is 10.1. The number of rotatable bonds is 3. The second-order valence-corrected chi connectivity index (χ2v) is 6.68. The molecule has 26 heavy (non-hydrogen) atoms.